The van der Waals surface area contributed by atoms with Crippen LogP contribution in [0, 0.1) is 6.92 Å². The lowest BCUT2D eigenvalue weighted by molar-refractivity contribution is -0.133. The van der Waals surface area contributed by atoms with Gasteiger partial charge in [-0.3, -0.25) is 9.78 Å². The monoisotopic (exact) mass is 248 g/mol. The number of pyridine rings is 1. The Kier molecular flexibility index (Phi) is 4.31. The first-order valence-electron chi connectivity index (χ1n) is 6.44. The van der Waals surface area contributed by atoms with Gasteiger partial charge in [0.05, 0.1) is 24.8 Å². The van der Waals surface area contributed by atoms with E-state index in [2.05, 4.69) is 4.98 Å². The number of hydrogen-bond donors (Lipinski definition) is 0. The van der Waals surface area contributed by atoms with Crippen LogP contribution >= 0.6 is 0 Å². The number of hydrogen-bond acceptors (Lipinski definition) is 3. The molecule has 2 rings (SSSR count). The van der Waals surface area contributed by atoms with Crippen LogP contribution in [-0.4, -0.2) is 36.1 Å². The zero-order valence-electron chi connectivity index (χ0n) is 11.1. The second-order valence-electron chi connectivity index (χ2n) is 4.69. The summed E-state index contributed by atoms with van der Waals surface area (Å²) in [7, 11) is 1.62. The molecule has 1 atom stereocenters. The maximum atomic E-state index is 12.1. The highest BCUT2D eigenvalue weighted by atomic mass is 16.5. The number of amides is 1. The van der Waals surface area contributed by atoms with E-state index < -0.39 is 0 Å². The first-order valence-corrected chi connectivity index (χ1v) is 6.44. The Balaban J connectivity index is 2.10. The predicted octanol–water partition coefficient (Wildman–Crippen LogP) is 2.09. The van der Waals surface area contributed by atoms with Gasteiger partial charge in [0.15, 0.2) is 0 Å². The van der Waals surface area contributed by atoms with Crippen LogP contribution in [0.3, 0.4) is 0 Å². The van der Waals surface area contributed by atoms with E-state index in [4.69, 9.17) is 4.74 Å². The molecule has 98 valence electrons. The Morgan fingerprint density at radius 2 is 2.39 bits per heavy atom. The highest BCUT2D eigenvalue weighted by molar-refractivity contribution is 5.77. The van der Waals surface area contributed by atoms with Crippen LogP contribution in [0.5, 0.6) is 0 Å². The summed E-state index contributed by atoms with van der Waals surface area (Å²) in [6.45, 7) is 3.31. The van der Waals surface area contributed by atoms with Crippen molar-refractivity contribution in [1.29, 1.82) is 0 Å². The van der Waals surface area contributed by atoms with Crippen LogP contribution in [-0.2, 0) is 9.53 Å². The van der Waals surface area contributed by atoms with Crippen LogP contribution in [0.1, 0.15) is 36.7 Å². The number of aryl methyl sites for hydroxylation is 1. The molecule has 1 aromatic rings. The Morgan fingerprint density at radius 1 is 1.56 bits per heavy atom. The second-order valence-corrected chi connectivity index (χ2v) is 4.69. The summed E-state index contributed by atoms with van der Waals surface area (Å²) in [6, 6.07) is 6.15. The lowest BCUT2D eigenvalue weighted by Crippen LogP contribution is -2.31. The van der Waals surface area contributed by atoms with Crippen molar-refractivity contribution in [3.63, 3.8) is 0 Å². The largest absolute Gasteiger partial charge is 0.384 e. The average molecular weight is 248 g/mol. The van der Waals surface area contributed by atoms with Gasteiger partial charge in [0.1, 0.15) is 0 Å². The molecule has 1 fully saturated rings. The minimum absolute atomic E-state index is 0.147. The maximum absolute atomic E-state index is 12.1. The van der Waals surface area contributed by atoms with Gasteiger partial charge in [-0.15, -0.1) is 0 Å². The summed E-state index contributed by atoms with van der Waals surface area (Å²) in [5.41, 5.74) is 2.02. The minimum atomic E-state index is 0.147. The van der Waals surface area contributed by atoms with Gasteiger partial charge in [0, 0.05) is 19.3 Å². The van der Waals surface area contributed by atoms with Crippen molar-refractivity contribution >= 4 is 5.91 Å². The van der Waals surface area contributed by atoms with Gasteiger partial charge in [-0.2, -0.15) is 0 Å². The molecule has 0 radical (unpaired) electrons. The Bertz CT molecular complexity index is 420. The molecule has 0 aromatic carbocycles. The Labute approximate surface area is 108 Å². The zero-order valence-corrected chi connectivity index (χ0v) is 11.1. The Morgan fingerprint density at radius 3 is 3.11 bits per heavy atom. The highest BCUT2D eigenvalue weighted by Crippen LogP contribution is 2.31. The fourth-order valence-corrected chi connectivity index (χ4v) is 2.46. The van der Waals surface area contributed by atoms with Crippen LogP contribution in [0.25, 0.3) is 0 Å². The third kappa shape index (κ3) is 2.88. The van der Waals surface area contributed by atoms with Gasteiger partial charge in [-0.05, 0) is 31.9 Å². The number of rotatable bonds is 4. The van der Waals surface area contributed by atoms with E-state index in [-0.39, 0.29) is 11.9 Å². The first kappa shape index (κ1) is 13.0. The molecule has 0 bridgehead atoms. The van der Waals surface area contributed by atoms with Crippen molar-refractivity contribution in [2.24, 2.45) is 0 Å². The van der Waals surface area contributed by atoms with Crippen molar-refractivity contribution in [1.82, 2.24) is 9.88 Å². The standard InChI is InChI=1S/C14H20N2O2/c1-11-5-3-6-12(15-11)13-7-4-9-16(13)14(17)8-10-18-2/h3,5-6,13H,4,7-10H2,1-2H3/t13-/m0/s1. The second kappa shape index (κ2) is 5.96. The summed E-state index contributed by atoms with van der Waals surface area (Å²) in [6.07, 6.45) is 2.52. The normalized spacial score (nSPS) is 19.2. The molecule has 18 heavy (non-hydrogen) atoms. The van der Waals surface area contributed by atoms with Crippen molar-refractivity contribution in [3.8, 4) is 0 Å². The van der Waals surface area contributed by atoms with Crippen LogP contribution in [0.2, 0.25) is 0 Å². The smallest absolute Gasteiger partial charge is 0.225 e. The van der Waals surface area contributed by atoms with Gasteiger partial charge in [-0.25, -0.2) is 0 Å². The van der Waals surface area contributed by atoms with Crippen LogP contribution < -0.4 is 0 Å². The molecule has 2 heterocycles. The van der Waals surface area contributed by atoms with E-state index in [0.29, 0.717) is 13.0 Å². The predicted molar refractivity (Wildman–Crippen MR) is 69.2 cm³/mol. The molecule has 1 aliphatic heterocycles. The molecule has 0 spiro atoms. The molecule has 0 aliphatic carbocycles. The lowest BCUT2D eigenvalue weighted by atomic mass is 10.1. The van der Waals surface area contributed by atoms with Crippen molar-refractivity contribution < 1.29 is 9.53 Å². The van der Waals surface area contributed by atoms with Gasteiger partial charge in [-0.1, -0.05) is 6.07 Å². The topological polar surface area (TPSA) is 42.4 Å². The summed E-state index contributed by atoms with van der Waals surface area (Å²) in [5.74, 6) is 0.169. The van der Waals surface area contributed by atoms with Crippen LogP contribution in [0.15, 0.2) is 18.2 Å². The zero-order chi connectivity index (χ0) is 13.0. The first-order chi connectivity index (χ1) is 8.72. The third-order valence-electron chi connectivity index (χ3n) is 3.34. The van der Waals surface area contributed by atoms with E-state index in [0.717, 1.165) is 30.8 Å². The van der Waals surface area contributed by atoms with E-state index in [1.54, 1.807) is 7.11 Å². The number of aromatic nitrogens is 1. The summed E-state index contributed by atoms with van der Waals surface area (Å²) in [5, 5.41) is 0. The molecule has 1 amide bonds. The van der Waals surface area contributed by atoms with Gasteiger partial charge in [0.2, 0.25) is 5.91 Å². The molecule has 4 nitrogen and oxygen atoms in total. The molecule has 0 saturated carbocycles. The number of methoxy groups -OCH3 is 1. The average Bonchev–Trinajstić information content (AvgIpc) is 2.85. The molecule has 1 aliphatic rings. The van der Waals surface area contributed by atoms with E-state index in [1.165, 1.54) is 0 Å². The fourth-order valence-electron chi connectivity index (χ4n) is 2.46. The number of carbonyl (C=O) groups is 1. The third-order valence-corrected chi connectivity index (χ3v) is 3.34. The molecule has 1 aromatic heterocycles. The summed E-state index contributed by atoms with van der Waals surface area (Å²) < 4.78 is 4.97. The number of nitrogens with zero attached hydrogens (tertiary/aromatic N) is 2. The van der Waals surface area contributed by atoms with Gasteiger partial charge >= 0.3 is 0 Å². The number of ether oxygens (including phenoxy) is 1. The Hall–Kier alpha value is -1.42. The molecule has 1 saturated heterocycles. The minimum Gasteiger partial charge on any atom is -0.384 e. The molecular weight excluding hydrogens is 228 g/mol. The SMILES string of the molecule is COCCC(=O)N1CCC[C@H]1c1cccc(C)n1. The summed E-state index contributed by atoms with van der Waals surface area (Å²) in [4.78, 5) is 18.6. The van der Waals surface area contributed by atoms with Crippen LogP contribution in [0.4, 0.5) is 0 Å². The van der Waals surface area contributed by atoms with Crippen molar-refractivity contribution in [2.45, 2.75) is 32.2 Å². The lowest BCUT2D eigenvalue weighted by Gasteiger charge is -2.24. The van der Waals surface area contributed by atoms with Crippen molar-refractivity contribution in [3.05, 3.63) is 29.6 Å². The molecule has 0 unspecified atom stereocenters. The van der Waals surface area contributed by atoms with E-state index in [9.17, 15) is 4.79 Å². The molecule has 4 heteroatoms. The number of carbonyl (C=O) groups excluding carboxylic acids is 1. The molecule has 0 N–H and O–H groups in total. The molecular formula is C14H20N2O2. The van der Waals surface area contributed by atoms with Gasteiger partial charge in [0.25, 0.3) is 0 Å². The van der Waals surface area contributed by atoms with E-state index in [1.807, 2.05) is 30.0 Å². The highest BCUT2D eigenvalue weighted by Gasteiger charge is 2.30. The summed E-state index contributed by atoms with van der Waals surface area (Å²) >= 11 is 0. The number of likely N-dealkylation sites (tertiary alicyclic amines) is 1. The fraction of sp³-hybridized carbons (Fsp3) is 0.571. The van der Waals surface area contributed by atoms with Gasteiger partial charge < -0.3 is 9.64 Å². The van der Waals surface area contributed by atoms with E-state index >= 15 is 0 Å². The van der Waals surface area contributed by atoms with Crippen molar-refractivity contribution in [2.75, 3.05) is 20.3 Å². The quantitative estimate of drug-likeness (QED) is 0.819. The maximum Gasteiger partial charge on any atom is 0.225 e.